The van der Waals surface area contributed by atoms with Gasteiger partial charge in [0.15, 0.2) is 0 Å². The third-order valence-electron chi connectivity index (χ3n) is 3.43. The molecule has 1 aromatic rings. The molecule has 0 aliphatic rings. The molecule has 0 fully saturated rings. The van der Waals surface area contributed by atoms with Crippen LogP contribution in [0.25, 0.3) is 0 Å². The van der Waals surface area contributed by atoms with E-state index in [1.807, 2.05) is 0 Å². The fourth-order valence-electron chi connectivity index (χ4n) is 2.14. The Bertz CT molecular complexity index is 379. The van der Waals surface area contributed by atoms with Crippen LogP contribution in [0.5, 0.6) is 0 Å². The lowest BCUT2D eigenvalue weighted by molar-refractivity contribution is 0.289. The normalized spacial score (nSPS) is 13.1. The summed E-state index contributed by atoms with van der Waals surface area (Å²) in [6.07, 6.45) is 1.12. The van der Waals surface area contributed by atoms with Gasteiger partial charge in [-0.05, 0) is 49.7 Å². The Morgan fingerprint density at radius 3 is 1.89 bits per heavy atom. The van der Waals surface area contributed by atoms with Gasteiger partial charge in [-0.25, -0.2) is 0 Å². The van der Waals surface area contributed by atoms with Gasteiger partial charge in [0.1, 0.15) is 0 Å². The second-order valence-electron chi connectivity index (χ2n) is 7.84. The second-order valence-corrected chi connectivity index (χ2v) is 7.84. The van der Waals surface area contributed by atoms with Crippen LogP contribution in [0.3, 0.4) is 0 Å². The van der Waals surface area contributed by atoms with Crippen LogP contribution in [-0.2, 0) is 6.42 Å². The first-order valence-corrected chi connectivity index (χ1v) is 7.43. The molecule has 0 unspecified atom stereocenters. The van der Waals surface area contributed by atoms with Crippen LogP contribution >= 0.6 is 0 Å². The summed E-state index contributed by atoms with van der Waals surface area (Å²) in [4.78, 5) is 0. The standard InChI is InChI=1S/C18H31N/c1-14(2)16-10-8-15(9-11-16)12-18(6,7)13-19-17(3,4)5/h8-11,14,19H,12-13H2,1-7H3. The maximum absolute atomic E-state index is 3.61. The van der Waals surface area contributed by atoms with Crippen LogP contribution in [-0.4, -0.2) is 12.1 Å². The molecule has 1 rings (SSSR count). The topological polar surface area (TPSA) is 12.0 Å². The molecule has 0 aliphatic carbocycles. The molecule has 1 nitrogen and oxygen atoms in total. The van der Waals surface area contributed by atoms with E-state index in [1.54, 1.807) is 0 Å². The highest BCUT2D eigenvalue weighted by Gasteiger charge is 2.21. The second kappa shape index (κ2) is 6.09. The van der Waals surface area contributed by atoms with E-state index >= 15 is 0 Å². The van der Waals surface area contributed by atoms with Crippen LogP contribution in [0, 0.1) is 5.41 Å². The Balaban J connectivity index is 2.62. The van der Waals surface area contributed by atoms with Crippen molar-refractivity contribution in [1.82, 2.24) is 5.32 Å². The minimum atomic E-state index is 0.193. The molecule has 0 radical (unpaired) electrons. The van der Waals surface area contributed by atoms with E-state index in [0.717, 1.165) is 13.0 Å². The molecule has 0 aliphatic heterocycles. The zero-order valence-electron chi connectivity index (χ0n) is 13.8. The Morgan fingerprint density at radius 1 is 0.947 bits per heavy atom. The van der Waals surface area contributed by atoms with Crippen LogP contribution in [0.1, 0.15) is 65.5 Å². The van der Waals surface area contributed by atoms with Gasteiger partial charge < -0.3 is 5.32 Å². The van der Waals surface area contributed by atoms with Gasteiger partial charge in [-0.15, -0.1) is 0 Å². The first kappa shape index (κ1) is 16.2. The van der Waals surface area contributed by atoms with E-state index in [1.165, 1.54) is 11.1 Å². The highest BCUT2D eigenvalue weighted by Crippen LogP contribution is 2.23. The fourth-order valence-corrected chi connectivity index (χ4v) is 2.14. The van der Waals surface area contributed by atoms with Gasteiger partial charge in [0.25, 0.3) is 0 Å². The Kier molecular flexibility index (Phi) is 5.20. The molecule has 108 valence electrons. The monoisotopic (exact) mass is 261 g/mol. The maximum atomic E-state index is 3.61. The predicted octanol–water partition coefficient (Wildman–Crippen LogP) is 4.77. The zero-order chi connectivity index (χ0) is 14.7. The van der Waals surface area contributed by atoms with Crippen molar-refractivity contribution in [3.63, 3.8) is 0 Å². The number of hydrogen-bond acceptors (Lipinski definition) is 1. The van der Waals surface area contributed by atoms with Gasteiger partial charge in [-0.1, -0.05) is 52.0 Å². The summed E-state index contributed by atoms with van der Waals surface area (Å²) in [6, 6.07) is 9.11. The summed E-state index contributed by atoms with van der Waals surface area (Å²) < 4.78 is 0. The van der Waals surface area contributed by atoms with Crippen molar-refractivity contribution in [2.45, 2.75) is 66.3 Å². The lowest BCUT2D eigenvalue weighted by Gasteiger charge is -2.30. The van der Waals surface area contributed by atoms with Crippen LogP contribution in [0.15, 0.2) is 24.3 Å². The average molecular weight is 261 g/mol. The number of rotatable bonds is 5. The van der Waals surface area contributed by atoms with Crippen LogP contribution < -0.4 is 5.32 Å². The fraction of sp³-hybridized carbons (Fsp3) is 0.667. The largest absolute Gasteiger partial charge is 0.312 e. The first-order chi connectivity index (χ1) is 8.59. The summed E-state index contributed by atoms with van der Waals surface area (Å²) in [5, 5.41) is 3.61. The highest BCUT2D eigenvalue weighted by molar-refractivity contribution is 5.25. The molecular weight excluding hydrogens is 230 g/mol. The third kappa shape index (κ3) is 6.24. The minimum Gasteiger partial charge on any atom is -0.312 e. The molecule has 1 aromatic carbocycles. The highest BCUT2D eigenvalue weighted by atomic mass is 14.9. The summed E-state index contributed by atoms with van der Waals surface area (Å²) >= 11 is 0. The molecule has 0 aromatic heterocycles. The van der Waals surface area contributed by atoms with Crippen molar-refractivity contribution in [1.29, 1.82) is 0 Å². The minimum absolute atomic E-state index is 0.193. The van der Waals surface area contributed by atoms with E-state index in [-0.39, 0.29) is 11.0 Å². The van der Waals surface area contributed by atoms with Gasteiger partial charge in [0.2, 0.25) is 0 Å². The molecule has 1 N–H and O–H groups in total. The van der Waals surface area contributed by atoms with E-state index in [9.17, 15) is 0 Å². The molecule has 0 saturated heterocycles. The van der Waals surface area contributed by atoms with E-state index in [2.05, 4.69) is 78.0 Å². The van der Waals surface area contributed by atoms with Crippen LogP contribution in [0.4, 0.5) is 0 Å². The van der Waals surface area contributed by atoms with E-state index in [0.29, 0.717) is 5.92 Å². The first-order valence-electron chi connectivity index (χ1n) is 7.43. The van der Waals surface area contributed by atoms with E-state index < -0.39 is 0 Å². The number of benzene rings is 1. The predicted molar refractivity (Wildman–Crippen MR) is 85.8 cm³/mol. The Labute approximate surface area is 119 Å². The summed E-state index contributed by atoms with van der Waals surface area (Å²) in [5.74, 6) is 0.615. The molecule has 0 amide bonds. The van der Waals surface area contributed by atoms with Gasteiger partial charge in [-0.2, -0.15) is 0 Å². The third-order valence-corrected chi connectivity index (χ3v) is 3.43. The van der Waals surface area contributed by atoms with Crippen molar-refractivity contribution in [2.24, 2.45) is 5.41 Å². The van der Waals surface area contributed by atoms with Crippen molar-refractivity contribution in [3.8, 4) is 0 Å². The zero-order valence-corrected chi connectivity index (χ0v) is 13.8. The molecule has 0 spiro atoms. The summed E-state index contributed by atoms with van der Waals surface area (Å²) in [5.41, 5.74) is 3.34. The number of hydrogen-bond donors (Lipinski definition) is 1. The SMILES string of the molecule is CC(C)c1ccc(CC(C)(C)CNC(C)(C)C)cc1. The van der Waals surface area contributed by atoms with Gasteiger partial charge in [-0.3, -0.25) is 0 Å². The lowest BCUT2D eigenvalue weighted by Crippen LogP contribution is -2.42. The number of nitrogens with one attached hydrogen (secondary N) is 1. The van der Waals surface area contributed by atoms with E-state index in [4.69, 9.17) is 0 Å². The molecule has 0 saturated carbocycles. The van der Waals surface area contributed by atoms with Crippen molar-refractivity contribution < 1.29 is 0 Å². The van der Waals surface area contributed by atoms with Gasteiger partial charge in [0, 0.05) is 12.1 Å². The van der Waals surface area contributed by atoms with Crippen molar-refractivity contribution >= 4 is 0 Å². The van der Waals surface area contributed by atoms with Gasteiger partial charge in [0.05, 0.1) is 0 Å². The quantitative estimate of drug-likeness (QED) is 0.805. The van der Waals surface area contributed by atoms with Gasteiger partial charge >= 0.3 is 0 Å². The summed E-state index contributed by atoms with van der Waals surface area (Å²) in [7, 11) is 0. The Hall–Kier alpha value is -0.820. The van der Waals surface area contributed by atoms with Crippen molar-refractivity contribution in [3.05, 3.63) is 35.4 Å². The average Bonchev–Trinajstić information content (AvgIpc) is 2.26. The summed E-state index contributed by atoms with van der Waals surface area (Å²) in [6.45, 7) is 16.9. The molecule has 19 heavy (non-hydrogen) atoms. The molecule has 0 heterocycles. The molecule has 0 atom stereocenters. The maximum Gasteiger partial charge on any atom is 0.00967 e. The van der Waals surface area contributed by atoms with Crippen molar-refractivity contribution in [2.75, 3.05) is 6.54 Å². The van der Waals surface area contributed by atoms with Crippen LogP contribution in [0.2, 0.25) is 0 Å². The smallest absolute Gasteiger partial charge is 0.00967 e. The molecule has 0 bridgehead atoms. The Morgan fingerprint density at radius 2 is 1.47 bits per heavy atom. The molecule has 1 heteroatoms. The lowest BCUT2D eigenvalue weighted by atomic mass is 9.84. The molecular formula is C18H31N.